The molecule has 0 spiro atoms. The molecule has 4 N–H and O–H groups in total. The van der Waals surface area contributed by atoms with Crippen molar-refractivity contribution in [3.05, 3.63) is 59.0 Å². The number of amides is 1. The number of anilines is 1. The third-order valence-corrected chi connectivity index (χ3v) is 7.65. The van der Waals surface area contributed by atoms with Gasteiger partial charge in [0.2, 0.25) is 0 Å². The highest BCUT2D eigenvalue weighted by Crippen LogP contribution is 2.29. The normalized spacial score (nSPS) is 23.9. The van der Waals surface area contributed by atoms with E-state index in [1.54, 1.807) is 6.07 Å². The molecule has 7 nitrogen and oxygen atoms in total. The summed E-state index contributed by atoms with van der Waals surface area (Å²) >= 11 is 0. The molecule has 8 heteroatoms. The lowest BCUT2D eigenvalue weighted by atomic mass is 9.84. The zero-order valence-corrected chi connectivity index (χ0v) is 21.5. The third-order valence-electron chi connectivity index (χ3n) is 7.65. The minimum Gasteiger partial charge on any atom is -0.491 e. The molecule has 1 aromatic heterocycles. The van der Waals surface area contributed by atoms with Crippen LogP contribution in [0, 0.1) is 12.7 Å². The Labute approximate surface area is 216 Å². The molecule has 2 heterocycles. The van der Waals surface area contributed by atoms with Gasteiger partial charge in [0.25, 0.3) is 5.91 Å². The van der Waals surface area contributed by atoms with Crippen LogP contribution < -0.4 is 15.4 Å². The number of rotatable bonds is 8. The van der Waals surface area contributed by atoms with Crippen LogP contribution in [0.1, 0.15) is 67.1 Å². The van der Waals surface area contributed by atoms with Gasteiger partial charge in [0, 0.05) is 42.0 Å². The molecule has 0 radical (unpaired) electrons. The number of hydrogen-bond acceptors (Lipinski definition) is 5. The predicted molar refractivity (Wildman–Crippen MR) is 142 cm³/mol. The summed E-state index contributed by atoms with van der Waals surface area (Å²) in [6.07, 6.45) is 5.53. The second-order valence-corrected chi connectivity index (χ2v) is 10.7. The first kappa shape index (κ1) is 25.7. The van der Waals surface area contributed by atoms with Crippen LogP contribution in [-0.2, 0) is 11.3 Å². The average molecular weight is 510 g/mol. The minimum absolute atomic E-state index is 0.0354. The van der Waals surface area contributed by atoms with Crippen LogP contribution in [0.25, 0.3) is 10.9 Å². The largest absolute Gasteiger partial charge is 0.491 e. The first-order chi connectivity index (χ1) is 17.8. The summed E-state index contributed by atoms with van der Waals surface area (Å²) in [6.45, 7) is 5.66. The van der Waals surface area contributed by atoms with Crippen molar-refractivity contribution >= 4 is 22.5 Å². The molecule has 2 aliphatic rings. The Hall–Kier alpha value is -2.94. The van der Waals surface area contributed by atoms with Gasteiger partial charge in [-0.25, -0.2) is 4.39 Å². The molecule has 0 unspecified atom stereocenters. The van der Waals surface area contributed by atoms with Crippen molar-refractivity contribution < 1.29 is 23.8 Å². The number of aromatic nitrogens is 1. The smallest absolute Gasteiger partial charge is 0.258 e. The Morgan fingerprint density at radius 2 is 2.03 bits per heavy atom. The third kappa shape index (κ3) is 6.14. The second-order valence-electron chi connectivity index (χ2n) is 10.7. The van der Waals surface area contributed by atoms with Gasteiger partial charge in [0.15, 0.2) is 0 Å². The molecule has 5 rings (SSSR count). The fourth-order valence-corrected chi connectivity index (χ4v) is 5.26. The number of nitrogens with one attached hydrogen (secondary N) is 3. The zero-order valence-electron chi connectivity index (χ0n) is 21.5. The Morgan fingerprint density at radius 3 is 2.76 bits per heavy atom. The summed E-state index contributed by atoms with van der Waals surface area (Å²) in [5, 5.41) is 17.7. The molecule has 0 bridgehead atoms. The number of hydrogen-bond donors (Lipinski definition) is 4. The number of benzene rings is 2. The lowest BCUT2D eigenvalue weighted by molar-refractivity contribution is 0.0140. The number of ether oxygens (including phenoxy) is 2. The minimum atomic E-state index is -0.626. The SMILES string of the molecule is Cc1c(NC(=O)c2ccc(OC[C@@H]3CCCO3)cc2F)ccc2cc(CNC3CCC(C)(O)CC3)[nH]c12. The van der Waals surface area contributed by atoms with E-state index in [0.29, 0.717) is 30.6 Å². The summed E-state index contributed by atoms with van der Waals surface area (Å²) in [5.74, 6) is -0.751. The van der Waals surface area contributed by atoms with Crippen molar-refractivity contribution in [3.63, 3.8) is 0 Å². The molecular formula is C29H36FN3O4. The van der Waals surface area contributed by atoms with Crippen LogP contribution in [0.4, 0.5) is 10.1 Å². The van der Waals surface area contributed by atoms with Crippen LogP contribution in [0.2, 0.25) is 0 Å². The van der Waals surface area contributed by atoms with E-state index < -0.39 is 17.3 Å². The molecular weight excluding hydrogens is 473 g/mol. The van der Waals surface area contributed by atoms with Crippen LogP contribution in [0.15, 0.2) is 36.4 Å². The lowest BCUT2D eigenvalue weighted by Crippen LogP contribution is -2.39. The fourth-order valence-electron chi connectivity index (χ4n) is 5.26. The standard InChI is InChI=1S/C29H36FN3O4/c1-18-26(33-28(34)24-7-6-22(15-25(24)30)37-17-23-4-3-13-36-23)8-5-19-14-21(32-27(18)19)16-31-20-9-11-29(2,35)12-10-20/h5-8,14-15,20,23,31-32,35H,3-4,9-13,16-17H2,1-2H3,(H,33,34)/t20?,23-,29?/m0/s1. The maximum atomic E-state index is 14.7. The monoisotopic (exact) mass is 509 g/mol. The van der Waals surface area contributed by atoms with E-state index in [2.05, 4.69) is 21.7 Å². The van der Waals surface area contributed by atoms with Gasteiger partial charge in [-0.05, 0) is 82.2 Å². The van der Waals surface area contributed by atoms with Crippen LogP contribution >= 0.6 is 0 Å². The Kier molecular flexibility index (Phi) is 7.51. The second kappa shape index (κ2) is 10.8. The molecule has 2 fully saturated rings. The van der Waals surface area contributed by atoms with Crippen molar-refractivity contribution in [1.82, 2.24) is 10.3 Å². The number of halogens is 1. The first-order valence-corrected chi connectivity index (χ1v) is 13.2. The quantitative estimate of drug-likeness (QED) is 0.334. The summed E-state index contributed by atoms with van der Waals surface area (Å²) in [5.41, 5.74) is 2.95. The van der Waals surface area contributed by atoms with E-state index in [1.165, 1.54) is 12.1 Å². The van der Waals surface area contributed by atoms with Crippen molar-refractivity contribution in [3.8, 4) is 5.75 Å². The van der Waals surface area contributed by atoms with Crippen molar-refractivity contribution in [2.45, 2.75) is 76.7 Å². The van der Waals surface area contributed by atoms with E-state index in [0.717, 1.165) is 67.3 Å². The zero-order chi connectivity index (χ0) is 26.0. The van der Waals surface area contributed by atoms with Gasteiger partial charge in [-0.15, -0.1) is 0 Å². The number of fused-ring (bicyclic) bond motifs is 1. The average Bonchev–Trinajstić information content (AvgIpc) is 3.54. The number of aliphatic hydroxyl groups is 1. The van der Waals surface area contributed by atoms with Gasteiger partial charge in [-0.1, -0.05) is 6.07 Å². The van der Waals surface area contributed by atoms with Crippen LogP contribution in [0.3, 0.4) is 0 Å². The maximum Gasteiger partial charge on any atom is 0.258 e. The van der Waals surface area contributed by atoms with E-state index >= 15 is 0 Å². The number of H-pyrrole nitrogens is 1. The highest BCUT2D eigenvalue weighted by molar-refractivity contribution is 6.06. The van der Waals surface area contributed by atoms with Gasteiger partial charge in [0.05, 0.1) is 22.8 Å². The van der Waals surface area contributed by atoms with Gasteiger partial charge >= 0.3 is 0 Å². The summed E-state index contributed by atoms with van der Waals surface area (Å²) in [7, 11) is 0. The lowest BCUT2D eigenvalue weighted by Gasteiger charge is -2.33. The molecule has 1 atom stereocenters. The molecule has 3 aromatic rings. The summed E-state index contributed by atoms with van der Waals surface area (Å²) < 4.78 is 25.9. The van der Waals surface area contributed by atoms with Gasteiger partial charge in [-0.2, -0.15) is 0 Å². The number of carbonyl (C=O) groups is 1. The number of aryl methyl sites for hydroxylation is 1. The first-order valence-electron chi connectivity index (χ1n) is 13.2. The molecule has 1 aliphatic carbocycles. The molecule has 37 heavy (non-hydrogen) atoms. The maximum absolute atomic E-state index is 14.7. The molecule has 1 amide bonds. The number of carbonyl (C=O) groups excluding carboxylic acids is 1. The van der Waals surface area contributed by atoms with Crippen molar-refractivity contribution in [2.75, 3.05) is 18.5 Å². The molecule has 2 aromatic carbocycles. The van der Waals surface area contributed by atoms with Gasteiger partial charge in [0.1, 0.15) is 18.2 Å². The number of aromatic amines is 1. The van der Waals surface area contributed by atoms with E-state index in [1.807, 2.05) is 26.0 Å². The van der Waals surface area contributed by atoms with Crippen molar-refractivity contribution in [1.29, 1.82) is 0 Å². The summed E-state index contributed by atoms with van der Waals surface area (Å²) in [6, 6.07) is 10.6. The van der Waals surface area contributed by atoms with Crippen molar-refractivity contribution in [2.24, 2.45) is 0 Å². The van der Waals surface area contributed by atoms with Crippen LogP contribution in [0.5, 0.6) is 5.75 Å². The Bertz CT molecular complexity index is 1260. The summed E-state index contributed by atoms with van der Waals surface area (Å²) in [4.78, 5) is 16.3. The molecule has 198 valence electrons. The molecule has 1 aliphatic heterocycles. The van der Waals surface area contributed by atoms with E-state index in [4.69, 9.17) is 9.47 Å². The highest BCUT2D eigenvalue weighted by Gasteiger charge is 2.28. The predicted octanol–water partition coefficient (Wildman–Crippen LogP) is 5.21. The Balaban J connectivity index is 1.21. The fraction of sp³-hybridized carbons (Fsp3) is 0.483. The molecule has 1 saturated heterocycles. The Morgan fingerprint density at radius 1 is 1.22 bits per heavy atom. The van der Waals surface area contributed by atoms with Gasteiger partial charge < -0.3 is 30.2 Å². The van der Waals surface area contributed by atoms with Gasteiger partial charge in [-0.3, -0.25) is 4.79 Å². The molecule has 1 saturated carbocycles. The van der Waals surface area contributed by atoms with Crippen LogP contribution in [-0.4, -0.2) is 47.0 Å². The highest BCUT2D eigenvalue weighted by atomic mass is 19.1. The van der Waals surface area contributed by atoms with E-state index in [-0.39, 0.29) is 11.7 Å². The topological polar surface area (TPSA) is 95.6 Å². The van der Waals surface area contributed by atoms with E-state index in [9.17, 15) is 14.3 Å².